The lowest BCUT2D eigenvalue weighted by atomic mass is 9.81. The van der Waals surface area contributed by atoms with Crippen LogP contribution in [0, 0.1) is 0 Å². The van der Waals surface area contributed by atoms with Gasteiger partial charge in [0.05, 0.1) is 0 Å². The molecule has 0 aliphatic heterocycles. The molecule has 1 N–H and O–H groups in total. The smallest absolute Gasteiger partial charge is 0.324 e. The number of carbonyl (C=O) groups is 1. The molecule has 0 amide bonds. The Morgan fingerprint density at radius 3 is 1.96 bits per heavy atom. The minimum atomic E-state index is -0.710. The van der Waals surface area contributed by atoms with Crippen LogP contribution in [0.4, 0.5) is 0 Å². The Hall–Kier alpha value is -2.91. The van der Waals surface area contributed by atoms with Gasteiger partial charge >= 0.3 is 5.97 Å². The summed E-state index contributed by atoms with van der Waals surface area (Å²) in [7, 11) is 0. The molecule has 26 heavy (non-hydrogen) atoms. The predicted molar refractivity (Wildman–Crippen MR) is 102 cm³/mol. The van der Waals surface area contributed by atoms with Crippen molar-refractivity contribution < 1.29 is 9.63 Å². The number of nitrogens with one attached hydrogen (secondary N) is 1. The predicted octanol–water partition coefficient (Wildman–Crippen LogP) is 4.81. The van der Waals surface area contributed by atoms with Gasteiger partial charge in [0.1, 0.15) is 5.54 Å². The average molecular weight is 343 g/mol. The molecule has 0 unspecified atom stereocenters. The maximum atomic E-state index is 12.1. The fourth-order valence-electron chi connectivity index (χ4n) is 3.79. The van der Waals surface area contributed by atoms with E-state index in [0.29, 0.717) is 6.42 Å². The first kappa shape index (κ1) is 16.6. The Kier molecular flexibility index (Phi) is 4.31. The van der Waals surface area contributed by atoms with Crippen molar-refractivity contribution in [3.8, 4) is 11.1 Å². The summed E-state index contributed by atoms with van der Waals surface area (Å²) in [5.41, 5.74) is 8.00. The first-order chi connectivity index (χ1) is 12.8. The highest BCUT2D eigenvalue weighted by Crippen LogP contribution is 2.50. The van der Waals surface area contributed by atoms with Crippen LogP contribution in [-0.4, -0.2) is 5.97 Å². The van der Waals surface area contributed by atoms with E-state index in [1.807, 2.05) is 49.4 Å². The van der Waals surface area contributed by atoms with Crippen molar-refractivity contribution in [2.75, 3.05) is 0 Å². The van der Waals surface area contributed by atoms with Gasteiger partial charge in [0.2, 0.25) is 0 Å². The highest BCUT2D eigenvalue weighted by molar-refractivity contribution is 5.83. The third-order valence-corrected chi connectivity index (χ3v) is 4.93. The quantitative estimate of drug-likeness (QED) is 0.676. The number of hydrogen-bond donors (Lipinski definition) is 1. The molecule has 1 aliphatic rings. The maximum absolute atomic E-state index is 12.1. The molecular weight excluding hydrogens is 322 g/mol. The number of rotatable bonds is 5. The van der Waals surface area contributed by atoms with Crippen LogP contribution in [0.1, 0.15) is 36.5 Å². The van der Waals surface area contributed by atoms with Crippen molar-refractivity contribution >= 4 is 5.97 Å². The molecule has 3 aromatic rings. The molecule has 0 bridgehead atoms. The zero-order valence-electron chi connectivity index (χ0n) is 14.7. The van der Waals surface area contributed by atoms with Gasteiger partial charge in [0.15, 0.2) is 0 Å². The maximum Gasteiger partial charge on any atom is 0.324 e. The lowest BCUT2D eigenvalue weighted by Crippen LogP contribution is -2.44. The van der Waals surface area contributed by atoms with Crippen LogP contribution >= 0.6 is 0 Å². The van der Waals surface area contributed by atoms with E-state index in [1.54, 1.807) is 0 Å². The molecule has 0 aromatic heterocycles. The van der Waals surface area contributed by atoms with Gasteiger partial charge in [-0.15, -0.1) is 5.48 Å². The van der Waals surface area contributed by atoms with E-state index in [1.165, 1.54) is 0 Å². The van der Waals surface area contributed by atoms with Crippen molar-refractivity contribution in [2.24, 2.45) is 0 Å². The summed E-state index contributed by atoms with van der Waals surface area (Å²) in [5.74, 6) is -0.246. The van der Waals surface area contributed by atoms with Crippen LogP contribution in [-0.2, 0) is 15.2 Å². The van der Waals surface area contributed by atoms with Crippen LogP contribution < -0.4 is 5.48 Å². The van der Waals surface area contributed by atoms with Gasteiger partial charge in [0.25, 0.3) is 0 Å². The average Bonchev–Trinajstić information content (AvgIpc) is 2.99. The third kappa shape index (κ3) is 2.52. The summed E-state index contributed by atoms with van der Waals surface area (Å²) in [6, 6.07) is 26.7. The number of benzene rings is 3. The van der Waals surface area contributed by atoms with E-state index in [2.05, 4.69) is 41.9 Å². The molecule has 0 spiro atoms. The molecule has 0 fully saturated rings. The monoisotopic (exact) mass is 343 g/mol. The standard InChI is InChI=1S/C23H21NO2/c1-2-10-22(25)26-24-23(17-11-4-3-5-12-17)20-15-8-6-13-18(20)19-14-7-9-16-21(19)23/h3-9,11-16,24H,2,10H2,1H3. The van der Waals surface area contributed by atoms with E-state index >= 15 is 0 Å². The Bertz CT molecular complexity index is 888. The second-order valence-corrected chi connectivity index (χ2v) is 6.53. The van der Waals surface area contributed by atoms with Crippen molar-refractivity contribution in [1.82, 2.24) is 5.48 Å². The fourth-order valence-corrected chi connectivity index (χ4v) is 3.79. The second-order valence-electron chi connectivity index (χ2n) is 6.53. The molecule has 3 heteroatoms. The van der Waals surface area contributed by atoms with Gasteiger partial charge in [0, 0.05) is 6.42 Å². The van der Waals surface area contributed by atoms with E-state index in [0.717, 1.165) is 34.2 Å². The molecule has 1 aliphatic carbocycles. The minimum Gasteiger partial charge on any atom is -0.369 e. The highest BCUT2D eigenvalue weighted by atomic mass is 16.7. The molecule has 4 rings (SSSR count). The summed E-state index contributed by atoms with van der Waals surface area (Å²) < 4.78 is 0. The van der Waals surface area contributed by atoms with Crippen molar-refractivity contribution in [2.45, 2.75) is 25.3 Å². The van der Waals surface area contributed by atoms with E-state index < -0.39 is 5.54 Å². The van der Waals surface area contributed by atoms with Crippen molar-refractivity contribution in [3.05, 3.63) is 95.6 Å². The summed E-state index contributed by atoms with van der Waals surface area (Å²) in [6.07, 6.45) is 1.15. The second kappa shape index (κ2) is 6.77. The molecule has 0 heterocycles. The van der Waals surface area contributed by atoms with E-state index in [4.69, 9.17) is 4.84 Å². The molecule has 0 radical (unpaired) electrons. The summed E-state index contributed by atoms with van der Waals surface area (Å²) in [4.78, 5) is 17.7. The molecule has 3 aromatic carbocycles. The minimum absolute atomic E-state index is 0.246. The van der Waals surface area contributed by atoms with Crippen LogP contribution in [0.2, 0.25) is 0 Å². The summed E-state index contributed by atoms with van der Waals surface area (Å²) in [5, 5.41) is 0. The molecule has 0 saturated carbocycles. The van der Waals surface area contributed by atoms with Gasteiger partial charge in [-0.1, -0.05) is 85.8 Å². The number of fused-ring (bicyclic) bond motifs is 3. The SMILES string of the molecule is CCCC(=O)ONC1(c2ccccc2)c2ccccc2-c2ccccc21. The van der Waals surface area contributed by atoms with Gasteiger partial charge < -0.3 is 4.84 Å². The normalized spacial score (nSPS) is 13.7. The van der Waals surface area contributed by atoms with Gasteiger partial charge in [-0.25, -0.2) is 0 Å². The third-order valence-electron chi connectivity index (χ3n) is 4.93. The molecular formula is C23H21NO2. The number of carbonyl (C=O) groups excluding carboxylic acids is 1. The lowest BCUT2D eigenvalue weighted by Gasteiger charge is -2.32. The first-order valence-electron chi connectivity index (χ1n) is 8.99. The number of hydrogen-bond acceptors (Lipinski definition) is 3. The largest absolute Gasteiger partial charge is 0.369 e. The van der Waals surface area contributed by atoms with Crippen LogP contribution in [0.25, 0.3) is 11.1 Å². The Balaban J connectivity index is 1.92. The van der Waals surface area contributed by atoms with Crippen molar-refractivity contribution in [3.63, 3.8) is 0 Å². The zero-order valence-corrected chi connectivity index (χ0v) is 14.7. The zero-order chi connectivity index (χ0) is 18.0. The van der Waals surface area contributed by atoms with Gasteiger partial charge in [-0.2, -0.15) is 0 Å². The first-order valence-corrected chi connectivity index (χ1v) is 8.99. The Morgan fingerprint density at radius 2 is 1.38 bits per heavy atom. The summed E-state index contributed by atoms with van der Waals surface area (Å²) >= 11 is 0. The van der Waals surface area contributed by atoms with Gasteiger partial charge in [-0.3, -0.25) is 4.79 Å². The Morgan fingerprint density at radius 1 is 0.846 bits per heavy atom. The fraction of sp³-hybridized carbons (Fsp3) is 0.174. The van der Waals surface area contributed by atoms with E-state index in [9.17, 15) is 4.79 Å². The van der Waals surface area contributed by atoms with Crippen LogP contribution in [0.15, 0.2) is 78.9 Å². The Labute approximate surface area is 153 Å². The van der Waals surface area contributed by atoms with Gasteiger partial charge in [-0.05, 0) is 34.2 Å². The van der Waals surface area contributed by atoms with Crippen LogP contribution in [0.3, 0.4) is 0 Å². The topological polar surface area (TPSA) is 38.3 Å². The highest BCUT2D eigenvalue weighted by Gasteiger charge is 2.45. The lowest BCUT2D eigenvalue weighted by molar-refractivity contribution is -0.154. The molecule has 3 nitrogen and oxygen atoms in total. The van der Waals surface area contributed by atoms with E-state index in [-0.39, 0.29) is 5.97 Å². The molecule has 0 atom stereocenters. The summed E-state index contributed by atoms with van der Waals surface area (Å²) in [6.45, 7) is 1.97. The molecule has 0 saturated heterocycles. The number of hydroxylamine groups is 1. The van der Waals surface area contributed by atoms with Crippen molar-refractivity contribution in [1.29, 1.82) is 0 Å². The molecule has 130 valence electrons. The van der Waals surface area contributed by atoms with Crippen LogP contribution in [0.5, 0.6) is 0 Å².